The minimum absolute atomic E-state index is 0.884. The Morgan fingerprint density at radius 2 is 0.913 bits per heavy atom. The molecule has 0 saturated heterocycles. The Morgan fingerprint density at radius 1 is 0.478 bits per heavy atom. The van der Waals surface area contributed by atoms with Crippen LogP contribution in [0.25, 0.3) is 0 Å². The van der Waals surface area contributed by atoms with Crippen LogP contribution in [0, 0.1) is 18.3 Å². The summed E-state index contributed by atoms with van der Waals surface area (Å²) >= 11 is 0. The normalized spacial score (nSPS) is 14.1. The van der Waals surface area contributed by atoms with Crippen LogP contribution in [0.4, 0.5) is 0 Å². The highest BCUT2D eigenvalue weighted by Crippen LogP contribution is 2.28. The Labute approximate surface area is 149 Å². The monoisotopic (exact) mass is 323 g/mol. The third-order valence-corrected chi connectivity index (χ3v) is 5.35. The van der Waals surface area contributed by atoms with Crippen molar-refractivity contribution in [2.24, 2.45) is 11.8 Å². The smallest absolute Gasteiger partial charge is 0.0324 e. The number of rotatable bonds is 18. The molecule has 1 radical (unpaired) electrons. The zero-order valence-corrected chi connectivity index (χ0v) is 17.0. The fraction of sp³-hybridized carbons (Fsp3) is 0.957. The van der Waals surface area contributed by atoms with Crippen LogP contribution in [0.1, 0.15) is 130 Å². The molecule has 139 valence electrons. The first-order chi connectivity index (χ1) is 11.3. The van der Waals surface area contributed by atoms with Crippen molar-refractivity contribution in [3.63, 3.8) is 0 Å². The van der Waals surface area contributed by atoms with Crippen molar-refractivity contribution in [3.05, 3.63) is 6.42 Å². The second kappa shape index (κ2) is 18.3. The largest absolute Gasteiger partial charge is 0.0654 e. The molecular formula is C23H47. The summed E-state index contributed by atoms with van der Waals surface area (Å²) in [5, 5.41) is 0. The number of unbranched alkanes of at least 4 members (excludes halogenated alkanes) is 9. The molecule has 0 heteroatoms. The molecule has 2 atom stereocenters. The first-order valence-electron chi connectivity index (χ1n) is 11.1. The summed E-state index contributed by atoms with van der Waals surface area (Å²) in [6.07, 6.45) is 25.5. The lowest BCUT2D eigenvalue weighted by Crippen LogP contribution is -2.10. The van der Waals surface area contributed by atoms with Gasteiger partial charge in [-0.15, -0.1) is 0 Å². The van der Waals surface area contributed by atoms with E-state index >= 15 is 0 Å². The fourth-order valence-electron chi connectivity index (χ4n) is 3.64. The Bertz CT molecular complexity index is 208. The molecule has 23 heavy (non-hydrogen) atoms. The number of hydrogen-bond donors (Lipinski definition) is 0. The third-order valence-electron chi connectivity index (χ3n) is 5.35. The molecule has 0 rings (SSSR count). The second-order valence-corrected chi connectivity index (χ2v) is 7.67. The summed E-state index contributed by atoms with van der Waals surface area (Å²) in [6, 6.07) is 0. The van der Waals surface area contributed by atoms with Crippen LogP contribution in [0.2, 0.25) is 0 Å². The average Bonchev–Trinajstić information content (AvgIpc) is 2.57. The highest BCUT2D eigenvalue weighted by atomic mass is 14.2. The summed E-state index contributed by atoms with van der Waals surface area (Å²) in [4.78, 5) is 0. The van der Waals surface area contributed by atoms with Crippen LogP contribution >= 0.6 is 0 Å². The molecule has 0 fully saturated rings. The molecule has 0 heterocycles. The minimum Gasteiger partial charge on any atom is -0.0654 e. The highest BCUT2D eigenvalue weighted by Gasteiger charge is 2.15. The van der Waals surface area contributed by atoms with E-state index in [1.54, 1.807) is 0 Å². The van der Waals surface area contributed by atoms with Gasteiger partial charge in [0.15, 0.2) is 0 Å². The molecule has 0 aromatic rings. The Morgan fingerprint density at radius 3 is 1.48 bits per heavy atom. The first kappa shape index (κ1) is 23.0. The lowest BCUT2D eigenvalue weighted by atomic mass is 9.83. The molecule has 0 aliphatic heterocycles. The van der Waals surface area contributed by atoms with Gasteiger partial charge in [0.2, 0.25) is 0 Å². The van der Waals surface area contributed by atoms with Gasteiger partial charge in [0.25, 0.3) is 0 Å². The molecular weight excluding hydrogens is 276 g/mol. The molecule has 0 aliphatic carbocycles. The van der Waals surface area contributed by atoms with Crippen molar-refractivity contribution < 1.29 is 0 Å². The van der Waals surface area contributed by atoms with Crippen molar-refractivity contribution in [2.75, 3.05) is 0 Å². The van der Waals surface area contributed by atoms with E-state index in [0.29, 0.717) is 0 Å². The average molecular weight is 324 g/mol. The van der Waals surface area contributed by atoms with Crippen molar-refractivity contribution in [1.29, 1.82) is 0 Å². The third kappa shape index (κ3) is 15.3. The summed E-state index contributed by atoms with van der Waals surface area (Å²) in [7, 11) is 0. The molecule has 0 aliphatic rings. The Hall–Kier alpha value is 0. The molecule has 0 N–H and O–H groups in total. The molecule has 0 nitrogen and oxygen atoms in total. The second-order valence-electron chi connectivity index (χ2n) is 7.67. The van der Waals surface area contributed by atoms with E-state index in [4.69, 9.17) is 0 Å². The predicted molar refractivity (Wildman–Crippen MR) is 108 cm³/mol. The fourth-order valence-corrected chi connectivity index (χ4v) is 3.64. The van der Waals surface area contributed by atoms with E-state index in [1.807, 2.05) is 0 Å². The molecule has 0 spiro atoms. The van der Waals surface area contributed by atoms with Crippen LogP contribution in [0.5, 0.6) is 0 Å². The maximum Gasteiger partial charge on any atom is -0.0324 e. The van der Waals surface area contributed by atoms with Gasteiger partial charge in [-0.25, -0.2) is 0 Å². The quantitative estimate of drug-likeness (QED) is 0.221. The van der Waals surface area contributed by atoms with E-state index in [0.717, 1.165) is 11.8 Å². The number of hydrogen-bond acceptors (Lipinski definition) is 0. The Balaban J connectivity index is 3.95. The van der Waals surface area contributed by atoms with Crippen molar-refractivity contribution in [2.45, 2.75) is 130 Å². The lowest BCUT2D eigenvalue weighted by molar-refractivity contribution is 0.383. The summed E-state index contributed by atoms with van der Waals surface area (Å²) < 4.78 is 0. The molecule has 0 bridgehead atoms. The van der Waals surface area contributed by atoms with Gasteiger partial charge in [-0.1, -0.05) is 130 Å². The summed E-state index contributed by atoms with van der Waals surface area (Å²) in [6.45, 7) is 9.35. The zero-order valence-electron chi connectivity index (χ0n) is 17.0. The maximum absolute atomic E-state index is 2.77. The molecule has 0 aromatic heterocycles. The summed E-state index contributed by atoms with van der Waals surface area (Å²) in [5.41, 5.74) is 0. The van der Waals surface area contributed by atoms with E-state index < -0.39 is 0 Å². The topological polar surface area (TPSA) is 0 Å². The maximum atomic E-state index is 2.77. The van der Waals surface area contributed by atoms with Crippen LogP contribution in [0.3, 0.4) is 0 Å². The van der Waals surface area contributed by atoms with Gasteiger partial charge in [0, 0.05) is 0 Å². The van der Waals surface area contributed by atoms with Crippen molar-refractivity contribution in [3.8, 4) is 0 Å². The van der Waals surface area contributed by atoms with Crippen LogP contribution in [-0.2, 0) is 0 Å². The lowest BCUT2D eigenvalue weighted by Gasteiger charge is -2.22. The van der Waals surface area contributed by atoms with Crippen molar-refractivity contribution >= 4 is 0 Å². The van der Waals surface area contributed by atoms with E-state index in [1.165, 1.54) is 103 Å². The minimum atomic E-state index is 0.884. The van der Waals surface area contributed by atoms with Crippen molar-refractivity contribution in [1.82, 2.24) is 0 Å². The van der Waals surface area contributed by atoms with Gasteiger partial charge in [0.1, 0.15) is 0 Å². The SMILES string of the molecule is CCCCCCCCC([CH]C(CCCC)CCCCCC)CC. The standard InChI is InChI=1S/C23H47/c1-5-9-12-14-15-17-19-22(8-4)21-23(18-11-7-3)20-16-13-10-6-2/h21-23H,5-20H2,1-4H3. The molecule has 0 amide bonds. The van der Waals surface area contributed by atoms with Gasteiger partial charge in [0.05, 0.1) is 0 Å². The first-order valence-corrected chi connectivity index (χ1v) is 11.1. The van der Waals surface area contributed by atoms with Gasteiger partial charge in [-0.2, -0.15) is 0 Å². The van der Waals surface area contributed by atoms with E-state index in [2.05, 4.69) is 34.1 Å². The van der Waals surface area contributed by atoms with Gasteiger partial charge < -0.3 is 0 Å². The van der Waals surface area contributed by atoms with E-state index in [9.17, 15) is 0 Å². The van der Waals surface area contributed by atoms with E-state index in [-0.39, 0.29) is 0 Å². The van der Waals surface area contributed by atoms with Gasteiger partial charge in [-0.05, 0) is 18.3 Å². The summed E-state index contributed by atoms with van der Waals surface area (Å²) in [5.74, 6) is 1.78. The van der Waals surface area contributed by atoms with Gasteiger partial charge >= 0.3 is 0 Å². The van der Waals surface area contributed by atoms with Gasteiger partial charge in [-0.3, -0.25) is 0 Å². The zero-order chi connectivity index (χ0) is 17.2. The van der Waals surface area contributed by atoms with Crippen LogP contribution in [-0.4, -0.2) is 0 Å². The van der Waals surface area contributed by atoms with Crippen LogP contribution < -0.4 is 0 Å². The van der Waals surface area contributed by atoms with Crippen LogP contribution in [0.15, 0.2) is 0 Å². The molecule has 2 unspecified atom stereocenters. The molecule has 0 aromatic carbocycles. The predicted octanol–water partition coefficient (Wildman–Crippen LogP) is 8.74. The Kier molecular flexibility index (Phi) is 18.3. The molecule has 0 saturated carbocycles. The highest BCUT2D eigenvalue weighted by molar-refractivity contribution is 4.83.